The van der Waals surface area contributed by atoms with Crippen LogP contribution in [0.15, 0.2) is 47.1 Å². The zero-order chi connectivity index (χ0) is 22.0. The minimum atomic E-state index is -0.703. The van der Waals surface area contributed by atoms with Crippen LogP contribution < -0.4 is 15.0 Å². The van der Waals surface area contributed by atoms with E-state index in [-0.39, 0.29) is 28.8 Å². The van der Waals surface area contributed by atoms with Gasteiger partial charge in [0.2, 0.25) is 0 Å². The second-order valence-corrected chi connectivity index (χ2v) is 7.12. The highest BCUT2D eigenvalue weighted by Gasteiger charge is 2.40. The van der Waals surface area contributed by atoms with E-state index < -0.39 is 17.8 Å². The van der Waals surface area contributed by atoms with E-state index in [0.29, 0.717) is 21.8 Å². The van der Waals surface area contributed by atoms with Gasteiger partial charge in [0.15, 0.2) is 0 Å². The highest BCUT2D eigenvalue weighted by atomic mass is 35.5. The van der Waals surface area contributed by atoms with Crippen LogP contribution in [-0.2, 0) is 14.3 Å². The molecular weight excluding hydrogens is 431 g/mol. The minimum Gasteiger partial charge on any atom is -0.494 e. The molecular formula is C21H18Cl2N2O5. The number of hydrogen-bond donors (Lipinski definition) is 1. The molecule has 1 aliphatic heterocycles. The molecule has 0 saturated heterocycles. The van der Waals surface area contributed by atoms with Gasteiger partial charge < -0.3 is 14.8 Å². The molecule has 2 amide bonds. The molecule has 1 aliphatic rings. The number of ether oxygens (including phenoxy) is 2. The fourth-order valence-electron chi connectivity index (χ4n) is 2.90. The summed E-state index contributed by atoms with van der Waals surface area (Å²) in [4.78, 5) is 38.6. The van der Waals surface area contributed by atoms with Crippen molar-refractivity contribution in [2.45, 2.75) is 13.8 Å². The Hall–Kier alpha value is -3.03. The van der Waals surface area contributed by atoms with Crippen molar-refractivity contribution in [1.29, 1.82) is 0 Å². The number of esters is 1. The molecule has 30 heavy (non-hydrogen) atoms. The Kier molecular flexibility index (Phi) is 6.34. The van der Waals surface area contributed by atoms with Gasteiger partial charge in [0.05, 0.1) is 25.0 Å². The molecule has 2 aromatic rings. The minimum absolute atomic E-state index is 0.114. The van der Waals surface area contributed by atoms with Gasteiger partial charge in [-0.25, -0.2) is 9.69 Å². The summed E-state index contributed by atoms with van der Waals surface area (Å²) in [5, 5.41) is 2.98. The lowest BCUT2D eigenvalue weighted by Gasteiger charge is -2.19. The molecule has 1 N–H and O–H groups in total. The van der Waals surface area contributed by atoms with Crippen LogP contribution in [0.5, 0.6) is 5.75 Å². The third kappa shape index (κ3) is 3.99. The molecule has 0 bridgehead atoms. The molecule has 0 unspecified atom stereocenters. The summed E-state index contributed by atoms with van der Waals surface area (Å²) in [6.45, 7) is 3.68. The second kappa shape index (κ2) is 8.77. The molecule has 0 saturated carbocycles. The summed E-state index contributed by atoms with van der Waals surface area (Å²) >= 11 is 12.3. The average Bonchev–Trinajstić information content (AvgIpc) is 2.93. The van der Waals surface area contributed by atoms with Crippen LogP contribution in [0.25, 0.3) is 0 Å². The van der Waals surface area contributed by atoms with Crippen LogP contribution in [0, 0.1) is 6.92 Å². The second-order valence-electron chi connectivity index (χ2n) is 6.33. The van der Waals surface area contributed by atoms with Crippen molar-refractivity contribution < 1.29 is 23.9 Å². The van der Waals surface area contributed by atoms with E-state index in [2.05, 4.69) is 5.32 Å². The Morgan fingerprint density at radius 1 is 1.13 bits per heavy atom. The van der Waals surface area contributed by atoms with Gasteiger partial charge in [0, 0.05) is 16.8 Å². The number of halogens is 2. The fourth-order valence-corrected chi connectivity index (χ4v) is 3.27. The van der Waals surface area contributed by atoms with Gasteiger partial charge in [-0.3, -0.25) is 9.59 Å². The predicted molar refractivity (Wildman–Crippen MR) is 114 cm³/mol. The van der Waals surface area contributed by atoms with Gasteiger partial charge in [-0.05, 0) is 43.7 Å². The number of aryl methyl sites for hydroxylation is 1. The number of anilines is 2. The number of rotatable bonds is 6. The lowest BCUT2D eigenvalue weighted by Crippen LogP contribution is -2.32. The summed E-state index contributed by atoms with van der Waals surface area (Å²) in [7, 11) is 1.41. The number of nitrogens with one attached hydrogen (secondary N) is 1. The maximum atomic E-state index is 13.0. The molecule has 9 heteroatoms. The highest BCUT2D eigenvalue weighted by molar-refractivity contribution is 6.53. The summed E-state index contributed by atoms with van der Waals surface area (Å²) in [5.74, 6) is -1.61. The predicted octanol–water partition coefficient (Wildman–Crippen LogP) is 4.27. The Labute approximate surface area is 183 Å². The van der Waals surface area contributed by atoms with E-state index in [9.17, 15) is 14.4 Å². The number of nitrogens with zero attached hydrogens (tertiary/aromatic N) is 1. The maximum absolute atomic E-state index is 13.0. The normalized spacial score (nSPS) is 13.7. The van der Waals surface area contributed by atoms with Crippen LogP contribution in [0.4, 0.5) is 11.4 Å². The van der Waals surface area contributed by atoms with Crippen molar-refractivity contribution >= 4 is 52.4 Å². The topological polar surface area (TPSA) is 84.9 Å². The number of methoxy groups -OCH3 is 1. The van der Waals surface area contributed by atoms with E-state index in [0.717, 1.165) is 4.90 Å². The van der Waals surface area contributed by atoms with E-state index in [1.807, 2.05) is 0 Å². The number of amides is 2. The van der Waals surface area contributed by atoms with Crippen LogP contribution in [0.1, 0.15) is 22.8 Å². The van der Waals surface area contributed by atoms with Crippen molar-refractivity contribution in [2.24, 2.45) is 0 Å². The van der Waals surface area contributed by atoms with E-state index >= 15 is 0 Å². The van der Waals surface area contributed by atoms with Crippen molar-refractivity contribution in [3.8, 4) is 5.75 Å². The van der Waals surface area contributed by atoms with Crippen LogP contribution in [-0.4, -0.2) is 31.5 Å². The first kappa shape index (κ1) is 21.7. The first-order valence-electron chi connectivity index (χ1n) is 8.95. The highest BCUT2D eigenvalue weighted by Crippen LogP contribution is 2.38. The molecule has 0 aromatic heterocycles. The standard InChI is InChI=1S/C21H18Cl2N2O5/c1-4-30-21(28)12-6-5-7-13(9-12)24-18-17(23)19(26)25(20(18)27)15-8-11(2)14(22)10-16(15)29-3/h5-10,24H,4H2,1-3H3. The molecule has 0 fully saturated rings. The van der Waals surface area contributed by atoms with Crippen molar-refractivity contribution in [3.05, 3.63) is 63.3 Å². The maximum Gasteiger partial charge on any atom is 0.338 e. The summed E-state index contributed by atoms with van der Waals surface area (Å²) < 4.78 is 10.3. The number of carbonyl (C=O) groups excluding carboxylic acids is 3. The zero-order valence-corrected chi connectivity index (χ0v) is 17.9. The summed E-state index contributed by atoms with van der Waals surface area (Å²) in [6, 6.07) is 9.43. The molecule has 156 valence electrons. The quantitative estimate of drug-likeness (QED) is 0.524. The van der Waals surface area contributed by atoms with Crippen LogP contribution >= 0.6 is 23.2 Å². The molecule has 2 aromatic carbocycles. The number of hydrogen-bond acceptors (Lipinski definition) is 6. The summed E-state index contributed by atoms with van der Waals surface area (Å²) in [5.41, 5.74) is 1.47. The van der Waals surface area contributed by atoms with E-state index in [1.54, 1.807) is 38.1 Å². The molecule has 0 radical (unpaired) electrons. The van der Waals surface area contributed by atoms with Gasteiger partial charge in [-0.1, -0.05) is 29.3 Å². The van der Waals surface area contributed by atoms with Crippen molar-refractivity contribution in [2.75, 3.05) is 23.9 Å². The third-order valence-corrected chi connectivity index (χ3v) is 5.13. The Balaban J connectivity index is 1.93. The van der Waals surface area contributed by atoms with Crippen LogP contribution in [0.2, 0.25) is 5.02 Å². The molecule has 0 spiro atoms. The fraction of sp³-hybridized carbons (Fsp3) is 0.190. The van der Waals surface area contributed by atoms with Gasteiger partial charge in [0.25, 0.3) is 11.8 Å². The Morgan fingerprint density at radius 3 is 2.53 bits per heavy atom. The third-order valence-electron chi connectivity index (χ3n) is 4.37. The number of imide groups is 1. The van der Waals surface area contributed by atoms with Crippen molar-refractivity contribution in [1.82, 2.24) is 0 Å². The molecule has 1 heterocycles. The first-order valence-corrected chi connectivity index (χ1v) is 9.71. The van der Waals surface area contributed by atoms with Gasteiger partial charge in [-0.2, -0.15) is 0 Å². The Bertz CT molecular complexity index is 1080. The average molecular weight is 449 g/mol. The monoisotopic (exact) mass is 448 g/mol. The lowest BCUT2D eigenvalue weighted by atomic mass is 10.2. The lowest BCUT2D eigenvalue weighted by molar-refractivity contribution is -0.120. The molecule has 3 rings (SSSR count). The summed E-state index contributed by atoms with van der Waals surface area (Å²) in [6.07, 6.45) is 0. The largest absolute Gasteiger partial charge is 0.494 e. The van der Waals surface area contributed by atoms with E-state index in [4.69, 9.17) is 32.7 Å². The zero-order valence-electron chi connectivity index (χ0n) is 16.4. The number of benzene rings is 2. The van der Waals surface area contributed by atoms with Gasteiger partial charge in [0.1, 0.15) is 16.5 Å². The molecule has 0 atom stereocenters. The molecule has 0 aliphatic carbocycles. The number of carbonyl (C=O) groups is 3. The van der Waals surface area contributed by atoms with Crippen molar-refractivity contribution in [3.63, 3.8) is 0 Å². The first-order chi connectivity index (χ1) is 14.3. The van der Waals surface area contributed by atoms with Gasteiger partial charge in [-0.15, -0.1) is 0 Å². The smallest absolute Gasteiger partial charge is 0.338 e. The Morgan fingerprint density at radius 2 is 1.87 bits per heavy atom. The molecule has 7 nitrogen and oxygen atoms in total. The van der Waals surface area contributed by atoms with Crippen LogP contribution in [0.3, 0.4) is 0 Å². The van der Waals surface area contributed by atoms with E-state index in [1.165, 1.54) is 19.2 Å². The SMILES string of the molecule is CCOC(=O)c1cccc(NC2=C(Cl)C(=O)N(c3cc(C)c(Cl)cc3OC)C2=O)c1. The van der Waals surface area contributed by atoms with Gasteiger partial charge >= 0.3 is 5.97 Å².